The summed E-state index contributed by atoms with van der Waals surface area (Å²) in [5.74, 6) is -0.183. The predicted octanol–water partition coefficient (Wildman–Crippen LogP) is 2.46. The predicted molar refractivity (Wildman–Crippen MR) is 84.8 cm³/mol. The molecule has 0 saturated carbocycles. The summed E-state index contributed by atoms with van der Waals surface area (Å²) in [6.07, 6.45) is 1.63. The summed E-state index contributed by atoms with van der Waals surface area (Å²) in [5, 5.41) is 8.80. The number of carbonyl (C=O) groups excluding carboxylic acids is 1. The van der Waals surface area contributed by atoms with Gasteiger partial charge in [-0.3, -0.25) is 9.00 Å². The first-order valence-electron chi connectivity index (χ1n) is 6.73. The minimum atomic E-state index is -1.01. The number of rotatable bonds is 4. The number of nitriles is 1. The Morgan fingerprint density at radius 1 is 1.27 bits per heavy atom. The number of amides is 1. The third-order valence-electron chi connectivity index (χ3n) is 3.63. The number of hydrogen-bond donors (Lipinski definition) is 1. The second kappa shape index (κ2) is 6.58. The molecule has 1 N–H and O–H groups in total. The summed E-state index contributed by atoms with van der Waals surface area (Å²) in [4.78, 5) is 17.5. The molecule has 2 atom stereocenters. The molecule has 22 heavy (non-hydrogen) atoms. The smallest absolute Gasteiger partial charge is 0.270 e. The summed E-state index contributed by atoms with van der Waals surface area (Å²) in [6.45, 7) is 1.92. The fourth-order valence-electron chi connectivity index (χ4n) is 2.11. The number of nitrogens with one attached hydrogen (secondary N) is 1. The summed E-state index contributed by atoms with van der Waals surface area (Å²) < 4.78 is 11.4. The highest BCUT2D eigenvalue weighted by atomic mass is 32.2. The van der Waals surface area contributed by atoms with Crippen molar-refractivity contribution in [3.63, 3.8) is 0 Å². The van der Waals surface area contributed by atoms with Crippen molar-refractivity contribution in [2.24, 2.45) is 0 Å². The number of aromatic amines is 1. The molecule has 0 aliphatic heterocycles. The van der Waals surface area contributed by atoms with Gasteiger partial charge in [0.15, 0.2) is 0 Å². The Bertz CT molecular complexity index is 743. The van der Waals surface area contributed by atoms with E-state index in [4.69, 9.17) is 5.26 Å². The minimum absolute atomic E-state index is 0.138. The van der Waals surface area contributed by atoms with Crippen LogP contribution in [0.3, 0.4) is 0 Å². The molecule has 0 unspecified atom stereocenters. The van der Waals surface area contributed by atoms with Gasteiger partial charge in [0.25, 0.3) is 5.91 Å². The summed E-state index contributed by atoms with van der Waals surface area (Å²) in [6, 6.07) is 12.4. The van der Waals surface area contributed by atoms with Crippen LogP contribution < -0.4 is 0 Å². The van der Waals surface area contributed by atoms with Crippen molar-refractivity contribution in [2.45, 2.75) is 17.9 Å². The van der Waals surface area contributed by atoms with Gasteiger partial charge in [-0.05, 0) is 36.8 Å². The van der Waals surface area contributed by atoms with E-state index in [2.05, 4.69) is 4.98 Å². The zero-order chi connectivity index (χ0) is 16.3. The van der Waals surface area contributed by atoms with E-state index < -0.39 is 10.8 Å². The first-order valence-corrected chi connectivity index (χ1v) is 8.29. The van der Waals surface area contributed by atoms with Crippen LogP contribution in [0, 0.1) is 11.3 Å². The first-order chi connectivity index (χ1) is 10.4. The topological polar surface area (TPSA) is 77.0 Å². The van der Waals surface area contributed by atoms with Crippen molar-refractivity contribution in [1.82, 2.24) is 9.88 Å². The number of hydrogen-bond acceptors (Lipinski definition) is 3. The fraction of sp³-hybridized carbons (Fsp3) is 0.250. The third kappa shape index (κ3) is 3.26. The zero-order valence-electron chi connectivity index (χ0n) is 12.7. The number of benzene rings is 1. The van der Waals surface area contributed by atoms with Crippen LogP contribution >= 0.6 is 0 Å². The monoisotopic (exact) mass is 315 g/mol. The normalized spacial score (nSPS) is 13.2. The van der Waals surface area contributed by atoms with E-state index >= 15 is 0 Å². The van der Waals surface area contributed by atoms with E-state index in [1.54, 1.807) is 30.3 Å². The van der Waals surface area contributed by atoms with Gasteiger partial charge in [-0.2, -0.15) is 5.26 Å². The average Bonchev–Trinajstić information content (AvgIpc) is 3.01. The van der Waals surface area contributed by atoms with Crippen LogP contribution in [0.1, 0.15) is 34.7 Å². The highest BCUT2D eigenvalue weighted by Crippen LogP contribution is 2.21. The average molecular weight is 315 g/mol. The molecule has 0 aliphatic rings. The van der Waals surface area contributed by atoms with E-state index in [1.165, 1.54) is 0 Å². The largest absolute Gasteiger partial charge is 0.342 e. The maximum absolute atomic E-state index is 12.4. The van der Waals surface area contributed by atoms with E-state index in [1.807, 2.05) is 37.3 Å². The molecular weight excluding hydrogens is 298 g/mol. The lowest BCUT2D eigenvalue weighted by Crippen LogP contribution is -2.29. The molecule has 0 aliphatic carbocycles. The molecule has 5 nitrogen and oxygen atoms in total. The van der Waals surface area contributed by atoms with Crippen LogP contribution in [-0.2, 0) is 10.8 Å². The van der Waals surface area contributed by atoms with Crippen molar-refractivity contribution in [1.29, 1.82) is 5.26 Å². The Balaban J connectivity index is 2.17. The van der Waals surface area contributed by atoms with Crippen molar-refractivity contribution >= 4 is 16.7 Å². The number of aromatic nitrogens is 1. The van der Waals surface area contributed by atoms with Gasteiger partial charge in [0.2, 0.25) is 0 Å². The number of carbonyl (C=O) groups is 1. The molecule has 114 valence electrons. The molecule has 2 aromatic rings. The van der Waals surface area contributed by atoms with Crippen LogP contribution in [0.4, 0.5) is 0 Å². The number of nitrogens with zero attached hydrogens (tertiary/aromatic N) is 2. The second-order valence-electron chi connectivity index (χ2n) is 5.01. The molecule has 0 spiro atoms. The Hall–Kier alpha value is -2.39. The zero-order valence-corrected chi connectivity index (χ0v) is 13.5. The highest BCUT2D eigenvalue weighted by molar-refractivity contribution is 7.84. The molecule has 2 rings (SSSR count). The fourth-order valence-corrected chi connectivity index (χ4v) is 2.63. The lowest BCUT2D eigenvalue weighted by atomic mass is 10.1. The third-order valence-corrected chi connectivity index (χ3v) is 4.57. The van der Waals surface area contributed by atoms with Crippen molar-refractivity contribution in [3.8, 4) is 6.07 Å². The lowest BCUT2D eigenvalue weighted by Gasteiger charge is -2.25. The Labute approximate surface area is 132 Å². The van der Waals surface area contributed by atoms with Crippen LogP contribution in [0.5, 0.6) is 0 Å². The molecule has 1 amide bonds. The molecular formula is C16H17N3O2S. The standard InChI is InChI=1S/C16H17N3O2S/c1-11(12-4-7-14(8-5-12)22(3)21)19(2)16(20)15-9-6-13(10-17)18-15/h4-9,11,18H,1-3H3/t11-,22+/m1/s1. The Morgan fingerprint density at radius 2 is 1.91 bits per heavy atom. The molecule has 0 saturated heterocycles. The van der Waals surface area contributed by atoms with Gasteiger partial charge in [-0.1, -0.05) is 12.1 Å². The van der Waals surface area contributed by atoms with Gasteiger partial charge in [-0.15, -0.1) is 0 Å². The first kappa shape index (κ1) is 16.0. The summed E-state index contributed by atoms with van der Waals surface area (Å²) in [5.41, 5.74) is 1.70. The number of H-pyrrole nitrogens is 1. The molecule has 1 heterocycles. The van der Waals surface area contributed by atoms with Crippen LogP contribution in [0.25, 0.3) is 0 Å². The minimum Gasteiger partial charge on any atom is -0.342 e. The van der Waals surface area contributed by atoms with Crippen molar-refractivity contribution in [3.05, 3.63) is 53.3 Å². The molecule has 0 radical (unpaired) electrons. The maximum Gasteiger partial charge on any atom is 0.270 e. The lowest BCUT2D eigenvalue weighted by molar-refractivity contribution is 0.0737. The van der Waals surface area contributed by atoms with Crippen molar-refractivity contribution in [2.75, 3.05) is 13.3 Å². The quantitative estimate of drug-likeness (QED) is 0.941. The van der Waals surface area contributed by atoms with Gasteiger partial charge in [0, 0.05) is 29.0 Å². The molecule has 1 aromatic heterocycles. The molecule has 1 aromatic carbocycles. The van der Waals surface area contributed by atoms with E-state index in [9.17, 15) is 9.00 Å². The van der Waals surface area contributed by atoms with Gasteiger partial charge in [0.1, 0.15) is 17.5 Å². The summed E-state index contributed by atoms with van der Waals surface area (Å²) >= 11 is 0. The van der Waals surface area contributed by atoms with E-state index in [0.29, 0.717) is 11.4 Å². The SMILES string of the molecule is C[C@H](c1ccc([S@](C)=O)cc1)N(C)C(=O)c1ccc(C#N)[nH]1. The highest BCUT2D eigenvalue weighted by Gasteiger charge is 2.20. The van der Waals surface area contributed by atoms with Crippen LogP contribution in [0.15, 0.2) is 41.3 Å². The van der Waals surface area contributed by atoms with Gasteiger partial charge < -0.3 is 9.88 Å². The Kier molecular flexibility index (Phi) is 4.78. The Morgan fingerprint density at radius 3 is 2.41 bits per heavy atom. The van der Waals surface area contributed by atoms with Gasteiger partial charge in [0.05, 0.1) is 6.04 Å². The molecule has 0 bridgehead atoms. The second-order valence-corrected chi connectivity index (χ2v) is 6.39. The van der Waals surface area contributed by atoms with Crippen molar-refractivity contribution < 1.29 is 9.00 Å². The molecule has 6 heteroatoms. The molecule has 0 fully saturated rings. The maximum atomic E-state index is 12.4. The van der Waals surface area contributed by atoms with Crippen LogP contribution in [0.2, 0.25) is 0 Å². The van der Waals surface area contributed by atoms with E-state index in [-0.39, 0.29) is 11.9 Å². The van der Waals surface area contributed by atoms with Gasteiger partial charge in [-0.25, -0.2) is 0 Å². The van der Waals surface area contributed by atoms with Crippen LogP contribution in [-0.4, -0.2) is 33.3 Å². The van der Waals surface area contributed by atoms with E-state index in [0.717, 1.165) is 10.5 Å². The van der Waals surface area contributed by atoms with Gasteiger partial charge >= 0.3 is 0 Å². The summed E-state index contributed by atoms with van der Waals surface area (Å²) in [7, 11) is 0.700.